The Bertz CT molecular complexity index is 1430. The Hall–Kier alpha value is -3.87. The summed E-state index contributed by atoms with van der Waals surface area (Å²) < 4.78 is 11.5. The van der Waals surface area contributed by atoms with Crippen molar-refractivity contribution in [2.75, 3.05) is 0 Å². The summed E-state index contributed by atoms with van der Waals surface area (Å²) in [6.45, 7) is 7.08. The molecule has 7 nitrogen and oxygen atoms in total. The minimum Gasteiger partial charge on any atom is -0.480 e. The Morgan fingerprint density at radius 1 is 1.09 bits per heavy atom. The van der Waals surface area contributed by atoms with Crippen molar-refractivity contribution in [1.29, 1.82) is 0 Å². The van der Waals surface area contributed by atoms with Gasteiger partial charge in [0.05, 0.1) is 23.6 Å². The molecule has 2 heterocycles. The van der Waals surface area contributed by atoms with Gasteiger partial charge in [0.2, 0.25) is 5.91 Å². The molecule has 0 aliphatic rings. The van der Waals surface area contributed by atoms with Crippen LogP contribution in [0.25, 0.3) is 33.1 Å². The maximum atomic E-state index is 12.7. The number of aryl methyl sites for hydroxylation is 2. The van der Waals surface area contributed by atoms with Gasteiger partial charge in [-0.25, -0.2) is 9.59 Å². The van der Waals surface area contributed by atoms with E-state index in [4.69, 9.17) is 8.83 Å². The molecule has 0 aliphatic carbocycles. The molecule has 33 heavy (non-hydrogen) atoms. The topological polar surface area (TPSA) is 110 Å². The molecule has 2 aromatic carbocycles. The van der Waals surface area contributed by atoms with Crippen LogP contribution in [0, 0.1) is 19.8 Å². The van der Waals surface area contributed by atoms with Crippen LogP contribution in [-0.2, 0) is 16.0 Å². The molecule has 0 saturated heterocycles. The number of amides is 1. The van der Waals surface area contributed by atoms with Gasteiger partial charge in [0.1, 0.15) is 17.2 Å². The molecule has 7 heteroatoms. The van der Waals surface area contributed by atoms with Gasteiger partial charge in [0.15, 0.2) is 0 Å². The number of rotatable bonds is 6. The second kappa shape index (κ2) is 8.58. The zero-order valence-electron chi connectivity index (χ0n) is 18.9. The van der Waals surface area contributed by atoms with Crippen LogP contribution in [0.2, 0.25) is 0 Å². The maximum Gasteiger partial charge on any atom is 0.340 e. The van der Waals surface area contributed by atoms with Crippen molar-refractivity contribution >= 4 is 33.8 Å². The second-order valence-electron chi connectivity index (χ2n) is 8.58. The molecule has 0 fully saturated rings. The largest absolute Gasteiger partial charge is 0.480 e. The Labute approximate surface area is 190 Å². The number of nitrogens with one attached hydrogen (secondary N) is 1. The standard InChI is InChI=1S/C26H25NO6/c1-13(2)23(25(29)30)27-20(28)11-17-15(4)22-19(33-26(17)31)10-14(3)21-18(12-32-24(21)22)16-8-6-5-7-9-16/h5-10,12-13,23H,11H2,1-4H3,(H,27,28)(H,29,30)/t23-/m0/s1. The van der Waals surface area contributed by atoms with E-state index in [9.17, 15) is 19.5 Å². The number of hydrogen-bond acceptors (Lipinski definition) is 5. The van der Waals surface area contributed by atoms with E-state index < -0.39 is 23.5 Å². The van der Waals surface area contributed by atoms with Crippen LogP contribution >= 0.6 is 0 Å². The Kier molecular flexibility index (Phi) is 5.80. The third-order valence-electron chi connectivity index (χ3n) is 5.95. The highest BCUT2D eigenvalue weighted by atomic mass is 16.4. The van der Waals surface area contributed by atoms with E-state index >= 15 is 0 Å². The van der Waals surface area contributed by atoms with Crippen molar-refractivity contribution < 1.29 is 23.5 Å². The molecular weight excluding hydrogens is 422 g/mol. The van der Waals surface area contributed by atoms with Crippen molar-refractivity contribution in [3.63, 3.8) is 0 Å². The van der Waals surface area contributed by atoms with Crippen LogP contribution in [0.15, 0.2) is 56.3 Å². The normalized spacial score (nSPS) is 12.4. The highest BCUT2D eigenvalue weighted by molar-refractivity contribution is 6.11. The number of hydrogen-bond donors (Lipinski definition) is 2. The van der Waals surface area contributed by atoms with Gasteiger partial charge in [-0.05, 0) is 42.5 Å². The molecule has 0 unspecified atom stereocenters. The van der Waals surface area contributed by atoms with Gasteiger partial charge in [-0.15, -0.1) is 0 Å². The number of carbonyl (C=O) groups excluding carboxylic acids is 1. The third kappa shape index (κ3) is 4.02. The molecule has 0 bridgehead atoms. The summed E-state index contributed by atoms with van der Waals surface area (Å²) in [5.74, 6) is -1.98. The van der Waals surface area contributed by atoms with Crippen molar-refractivity contribution in [3.05, 3.63) is 69.8 Å². The van der Waals surface area contributed by atoms with Crippen molar-refractivity contribution in [2.24, 2.45) is 5.92 Å². The fourth-order valence-corrected chi connectivity index (χ4v) is 4.22. The lowest BCUT2D eigenvalue weighted by molar-refractivity contribution is -0.143. The van der Waals surface area contributed by atoms with E-state index in [1.165, 1.54) is 0 Å². The molecule has 4 rings (SSSR count). The Balaban J connectivity index is 1.83. The minimum atomic E-state index is -1.12. The molecule has 0 radical (unpaired) electrons. The lowest BCUT2D eigenvalue weighted by Gasteiger charge is -2.18. The number of carbonyl (C=O) groups is 2. The van der Waals surface area contributed by atoms with Gasteiger partial charge in [-0.2, -0.15) is 0 Å². The summed E-state index contributed by atoms with van der Waals surface area (Å²) in [6, 6.07) is 10.6. The van der Waals surface area contributed by atoms with Crippen LogP contribution in [-0.4, -0.2) is 23.0 Å². The molecule has 1 amide bonds. The van der Waals surface area contributed by atoms with Gasteiger partial charge in [0, 0.05) is 10.9 Å². The molecule has 1 atom stereocenters. The first-order valence-electron chi connectivity index (χ1n) is 10.7. The summed E-state index contributed by atoms with van der Waals surface area (Å²) in [7, 11) is 0. The summed E-state index contributed by atoms with van der Waals surface area (Å²) >= 11 is 0. The summed E-state index contributed by atoms with van der Waals surface area (Å²) in [6.07, 6.45) is 1.39. The van der Waals surface area contributed by atoms with Gasteiger partial charge >= 0.3 is 11.6 Å². The molecule has 0 spiro atoms. The molecule has 2 N–H and O–H groups in total. The number of carboxylic acids is 1. The molecule has 170 valence electrons. The van der Waals surface area contributed by atoms with E-state index in [2.05, 4.69) is 5.32 Å². The number of aliphatic carboxylic acids is 1. The van der Waals surface area contributed by atoms with Crippen molar-refractivity contribution in [3.8, 4) is 11.1 Å². The smallest absolute Gasteiger partial charge is 0.340 e. The maximum absolute atomic E-state index is 12.7. The van der Waals surface area contributed by atoms with E-state index in [0.29, 0.717) is 22.1 Å². The monoisotopic (exact) mass is 447 g/mol. The zero-order valence-corrected chi connectivity index (χ0v) is 18.9. The first-order valence-corrected chi connectivity index (χ1v) is 10.7. The average molecular weight is 447 g/mol. The Morgan fingerprint density at radius 2 is 1.79 bits per heavy atom. The number of furan rings is 1. The summed E-state index contributed by atoms with van der Waals surface area (Å²) in [4.78, 5) is 36.8. The third-order valence-corrected chi connectivity index (χ3v) is 5.95. The van der Waals surface area contributed by atoms with E-state index in [0.717, 1.165) is 22.1 Å². The summed E-state index contributed by atoms with van der Waals surface area (Å²) in [5, 5.41) is 13.4. The second-order valence-corrected chi connectivity index (χ2v) is 8.58. The van der Waals surface area contributed by atoms with Gasteiger partial charge < -0.3 is 19.3 Å². The zero-order chi connectivity index (χ0) is 23.9. The fourth-order valence-electron chi connectivity index (χ4n) is 4.22. The highest BCUT2D eigenvalue weighted by Gasteiger charge is 2.25. The van der Waals surface area contributed by atoms with Gasteiger partial charge in [-0.1, -0.05) is 44.2 Å². The van der Waals surface area contributed by atoms with Crippen LogP contribution < -0.4 is 10.9 Å². The minimum absolute atomic E-state index is 0.177. The van der Waals surface area contributed by atoms with Gasteiger partial charge in [0.25, 0.3) is 0 Å². The van der Waals surface area contributed by atoms with Crippen LogP contribution in [0.3, 0.4) is 0 Å². The Morgan fingerprint density at radius 3 is 2.42 bits per heavy atom. The molecule has 2 aromatic heterocycles. The first-order chi connectivity index (χ1) is 15.7. The van der Waals surface area contributed by atoms with Gasteiger partial charge in [-0.3, -0.25) is 4.79 Å². The predicted octanol–water partition coefficient (Wildman–Crippen LogP) is 4.59. The van der Waals surface area contributed by atoms with Crippen LogP contribution in [0.4, 0.5) is 0 Å². The molecular formula is C26H25NO6. The lowest BCUT2D eigenvalue weighted by Crippen LogP contribution is -2.45. The summed E-state index contributed by atoms with van der Waals surface area (Å²) in [5.41, 5.74) is 3.92. The SMILES string of the molecule is Cc1cc2oc(=O)c(CC(=O)N[C@H](C(=O)O)C(C)C)c(C)c2c2occ(-c3ccccc3)c12. The molecule has 0 aliphatic heterocycles. The first kappa shape index (κ1) is 22.3. The van der Waals surface area contributed by atoms with Crippen LogP contribution in [0.1, 0.15) is 30.5 Å². The van der Waals surface area contributed by atoms with Crippen molar-refractivity contribution in [2.45, 2.75) is 40.2 Å². The van der Waals surface area contributed by atoms with E-state index in [1.54, 1.807) is 33.1 Å². The fraction of sp³-hybridized carbons (Fsp3) is 0.269. The molecule has 4 aromatic rings. The number of fused-ring (bicyclic) bond motifs is 3. The van der Waals surface area contributed by atoms with E-state index in [-0.39, 0.29) is 17.9 Å². The van der Waals surface area contributed by atoms with Crippen LogP contribution in [0.5, 0.6) is 0 Å². The quantitative estimate of drug-likeness (QED) is 0.418. The average Bonchev–Trinajstić information content (AvgIpc) is 3.20. The number of carboxylic acid groups (broad SMARTS) is 1. The number of benzene rings is 2. The highest BCUT2D eigenvalue weighted by Crippen LogP contribution is 2.38. The lowest BCUT2D eigenvalue weighted by atomic mass is 9.96. The van der Waals surface area contributed by atoms with Crippen molar-refractivity contribution in [1.82, 2.24) is 5.32 Å². The van der Waals surface area contributed by atoms with E-state index in [1.807, 2.05) is 37.3 Å². The predicted molar refractivity (Wildman–Crippen MR) is 125 cm³/mol. The molecule has 0 saturated carbocycles.